The van der Waals surface area contributed by atoms with Crippen LogP contribution in [0.3, 0.4) is 0 Å². The van der Waals surface area contributed by atoms with Crippen LogP contribution in [0.25, 0.3) is 28.2 Å². The van der Waals surface area contributed by atoms with Crippen molar-refractivity contribution in [3.8, 4) is 22.5 Å². The molecule has 3 heterocycles. The van der Waals surface area contributed by atoms with Gasteiger partial charge in [0.15, 0.2) is 5.82 Å². The van der Waals surface area contributed by atoms with Gasteiger partial charge in [-0.15, -0.1) is 5.10 Å². The molecule has 0 aliphatic carbocycles. The number of halogens is 3. The summed E-state index contributed by atoms with van der Waals surface area (Å²) in [6.45, 7) is 0.846. The highest BCUT2D eigenvalue weighted by atomic mass is 79.9. The molecule has 0 saturated carbocycles. The van der Waals surface area contributed by atoms with Crippen LogP contribution in [-0.2, 0) is 13.0 Å². The zero-order valence-electron chi connectivity index (χ0n) is 19.1. The van der Waals surface area contributed by atoms with Gasteiger partial charge in [-0.25, -0.2) is 4.52 Å². The lowest BCUT2D eigenvalue weighted by Gasteiger charge is -2.10. The van der Waals surface area contributed by atoms with Crippen molar-refractivity contribution < 1.29 is 4.79 Å². The third-order valence-electron chi connectivity index (χ3n) is 6.54. The Hall–Kier alpha value is -3.06. The maximum absolute atomic E-state index is 13.9. The van der Waals surface area contributed by atoms with E-state index >= 15 is 0 Å². The molecule has 0 radical (unpaired) electrons. The van der Waals surface area contributed by atoms with Crippen molar-refractivity contribution in [3.05, 3.63) is 98.6 Å². The smallest absolute Gasteiger partial charge is 0.275 e. The molecule has 1 aliphatic rings. The number of carbonyl (C=O) groups is 1. The lowest BCUT2D eigenvalue weighted by Crippen LogP contribution is -2.16. The second-order valence-electron chi connectivity index (χ2n) is 8.83. The Morgan fingerprint density at radius 2 is 1.69 bits per heavy atom. The Bertz CT molecular complexity index is 1610. The number of amides is 1. The van der Waals surface area contributed by atoms with Gasteiger partial charge >= 0.3 is 0 Å². The van der Waals surface area contributed by atoms with E-state index in [9.17, 15) is 4.79 Å². The lowest BCUT2D eigenvalue weighted by molar-refractivity contribution is 0.102. The molecule has 0 saturated heterocycles. The predicted octanol–water partition coefficient (Wildman–Crippen LogP) is 8.13. The topological polar surface area (TPSA) is 51.3 Å². The second-order valence-corrected chi connectivity index (χ2v) is 10.6. The van der Waals surface area contributed by atoms with Gasteiger partial charge in [-0.3, -0.25) is 4.79 Å². The van der Waals surface area contributed by atoms with Gasteiger partial charge in [0.25, 0.3) is 5.91 Å². The molecule has 1 N–H and O–H groups in total. The van der Waals surface area contributed by atoms with Gasteiger partial charge in [0.1, 0.15) is 11.3 Å². The highest BCUT2D eigenvalue weighted by molar-refractivity contribution is 9.10. The average Bonchev–Trinajstić information content (AvgIpc) is 3.30. The maximum Gasteiger partial charge on any atom is 0.275 e. The number of aromatic nitrogens is 3. The summed E-state index contributed by atoms with van der Waals surface area (Å²) in [5.41, 5.74) is 6.11. The fraction of sp³-hybridized carbons (Fsp3) is 0.143. The van der Waals surface area contributed by atoms with Gasteiger partial charge in [-0.1, -0.05) is 81.6 Å². The minimum Gasteiger partial charge on any atom is -0.321 e. The van der Waals surface area contributed by atoms with E-state index in [0.717, 1.165) is 64.0 Å². The maximum atomic E-state index is 13.9. The quantitative estimate of drug-likeness (QED) is 0.234. The summed E-state index contributed by atoms with van der Waals surface area (Å²) in [5.74, 6) is 0.608. The van der Waals surface area contributed by atoms with Crippen LogP contribution in [-0.4, -0.2) is 20.1 Å². The number of carbonyl (C=O) groups excluding carboxylic acids is 1. The van der Waals surface area contributed by atoms with Crippen LogP contribution in [0.5, 0.6) is 0 Å². The molecule has 1 aliphatic heterocycles. The van der Waals surface area contributed by atoms with Crippen LogP contribution in [0, 0.1) is 0 Å². The normalized spacial score (nSPS) is 13.1. The molecule has 5 nitrogen and oxygen atoms in total. The summed E-state index contributed by atoms with van der Waals surface area (Å²) in [4.78, 5) is 13.9. The molecule has 1 amide bonds. The molecule has 0 fully saturated rings. The molecule has 6 rings (SSSR count). The third kappa shape index (κ3) is 4.03. The van der Waals surface area contributed by atoms with E-state index in [1.807, 2.05) is 47.0 Å². The van der Waals surface area contributed by atoms with Gasteiger partial charge in [0.2, 0.25) is 0 Å². The van der Waals surface area contributed by atoms with Gasteiger partial charge in [0, 0.05) is 33.4 Å². The van der Waals surface area contributed by atoms with Crippen molar-refractivity contribution in [3.63, 3.8) is 0 Å². The number of anilines is 1. The monoisotopic (exact) mass is 578 g/mol. The van der Waals surface area contributed by atoms with Gasteiger partial charge in [0.05, 0.1) is 10.0 Å². The van der Waals surface area contributed by atoms with Crippen molar-refractivity contribution in [1.29, 1.82) is 0 Å². The van der Waals surface area contributed by atoms with E-state index in [0.29, 0.717) is 21.4 Å². The van der Waals surface area contributed by atoms with Gasteiger partial charge in [-0.2, -0.15) is 0 Å². The molecule has 0 bridgehead atoms. The van der Waals surface area contributed by atoms with Gasteiger partial charge < -0.3 is 9.88 Å². The highest BCUT2D eigenvalue weighted by Crippen LogP contribution is 2.39. The lowest BCUT2D eigenvalue weighted by atomic mass is 9.98. The Labute approximate surface area is 226 Å². The largest absolute Gasteiger partial charge is 0.321 e. The molecule has 0 atom stereocenters. The molecule has 0 unspecified atom stereocenters. The van der Waals surface area contributed by atoms with E-state index < -0.39 is 0 Å². The molecule has 5 aromatic rings. The predicted molar refractivity (Wildman–Crippen MR) is 149 cm³/mol. The Morgan fingerprint density at radius 1 is 0.917 bits per heavy atom. The number of hydrogen-bond donors (Lipinski definition) is 1. The van der Waals surface area contributed by atoms with Crippen molar-refractivity contribution in [2.45, 2.75) is 25.8 Å². The summed E-state index contributed by atoms with van der Waals surface area (Å²) >= 11 is 15.8. The summed E-state index contributed by atoms with van der Waals surface area (Å²) in [5, 5.41) is 8.86. The zero-order chi connectivity index (χ0) is 24.8. The molecule has 0 spiro atoms. The number of nitrogens with zero attached hydrogens (tertiary/aromatic N) is 3. The third-order valence-corrected chi connectivity index (χ3v) is 7.81. The number of hydrogen-bond acceptors (Lipinski definition) is 2. The number of nitrogens with one attached hydrogen (secondary N) is 1. The number of aryl methyl sites for hydroxylation is 2. The summed E-state index contributed by atoms with van der Waals surface area (Å²) < 4.78 is 5.07. The average molecular weight is 580 g/mol. The second kappa shape index (κ2) is 9.43. The molecular weight excluding hydrogens is 559 g/mol. The standard InChI is InChI=1S/C28H21BrCl2N4O/c29-19-11-9-17(10-12-19)24-21-8-4-5-15-34-26(18-6-2-1-3-7-18)33-35(28(21)34)25(24)27(36)32-20-13-14-22(30)23(31)16-20/h1-3,6-7,9-14,16H,4-5,8,15H2,(H,32,36). The Balaban J connectivity index is 1.60. The fourth-order valence-electron chi connectivity index (χ4n) is 4.94. The first-order chi connectivity index (χ1) is 17.5. The van der Waals surface area contributed by atoms with Crippen LogP contribution in [0.2, 0.25) is 10.0 Å². The number of benzene rings is 3. The number of rotatable bonds is 4. The van der Waals surface area contributed by atoms with Crippen LogP contribution in [0.4, 0.5) is 5.69 Å². The van der Waals surface area contributed by atoms with Gasteiger partial charge in [-0.05, 0) is 55.2 Å². The molecule has 36 heavy (non-hydrogen) atoms. The summed E-state index contributed by atoms with van der Waals surface area (Å²) in [6.07, 6.45) is 2.95. The molecule has 180 valence electrons. The SMILES string of the molecule is O=C(Nc1ccc(Cl)c(Cl)c1)c1c(-c2ccc(Br)cc2)c2c3n(c(-c4ccccc4)nn13)CCCC2. The molecule has 3 aromatic carbocycles. The van der Waals surface area contributed by atoms with Crippen LogP contribution in [0.15, 0.2) is 77.3 Å². The highest BCUT2D eigenvalue weighted by Gasteiger charge is 2.30. The zero-order valence-corrected chi connectivity index (χ0v) is 22.2. The summed E-state index contributed by atoms with van der Waals surface area (Å²) in [6, 6.07) is 23.3. The van der Waals surface area contributed by atoms with Crippen LogP contribution >= 0.6 is 39.1 Å². The molecule has 2 aromatic heterocycles. The van der Waals surface area contributed by atoms with E-state index in [1.165, 1.54) is 0 Å². The Kier molecular flexibility index (Phi) is 6.12. The first-order valence-corrected chi connectivity index (χ1v) is 13.3. The van der Waals surface area contributed by atoms with Crippen molar-refractivity contribution in [2.24, 2.45) is 0 Å². The molecule has 8 heteroatoms. The van der Waals surface area contributed by atoms with Crippen molar-refractivity contribution in [2.75, 3.05) is 5.32 Å². The van der Waals surface area contributed by atoms with Crippen LogP contribution in [0.1, 0.15) is 28.9 Å². The van der Waals surface area contributed by atoms with E-state index in [4.69, 9.17) is 28.3 Å². The van der Waals surface area contributed by atoms with E-state index in [1.54, 1.807) is 18.2 Å². The van der Waals surface area contributed by atoms with Crippen molar-refractivity contribution >= 4 is 56.4 Å². The van der Waals surface area contributed by atoms with Crippen LogP contribution < -0.4 is 5.32 Å². The Morgan fingerprint density at radius 3 is 2.44 bits per heavy atom. The van der Waals surface area contributed by atoms with E-state index in [-0.39, 0.29) is 5.91 Å². The first-order valence-electron chi connectivity index (χ1n) is 11.7. The minimum absolute atomic E-state index is 0.252. The fourth-order valence-corrected chi connectivity index (χ4v) is 5.50. The summed E-state index contributed by atoms with van der Waals surface area (Å²) in [7, 11) is 0. The van der Waals surface area contributed by atoms with Crippen molar-refractivity contribution in [1.82, 2.24) is 14.2 Å². The van der Waals surface area contributed by atoms with E-state index in [2.05, 4.69) is 37.9 Å². The molecular formula is C28H21BrCl2N4O. The minimum atomic E-state index is -0.252. The first kappa shape index (κ1) is 23.3.